The largest absolute Gasteiger partial charge is 1.00 e. The summed E-state index contributed by atoms with van der Waals surface area (Å²) < 4.78 is 127. The number of aromatic nitrogens is 4. The van der Waals surface area contributed by atoms with Gasteiger partial charge in [0.2, 0.25) is 0 Å². The van der Waals surface area contributed by atoms with Gasteiger partial charge in [0.05, 0.1) is 0 Å². The third kappa shape index (κ3) is 25.2. The molecule has 4 nitrogen and oxygen atoms in total. The van der Waals surface area contributed by atoms with Crippen molar-refractivity contribution in [2.75, 3.05) is 0 Å². The summed E-state index contributed by atoms with van der Waals surface area (Å²) in [5, 5.41) is 0. The van der Waals surface area contributed by atoms with E-state index in [-0.39, 0.29) is 48.0 Å². The van der Waals surface area contributed by atoms with Crippen molar-refractivity contribution in [2.45, 2.75) is 25.9 Å². The van der Waals surface area contributed by atoms with Crippen molar-refractivity contribution in [3.05, 3.63) is 98.1 Å². The number of hydrogen-bond acceptors (Lipinski definition) is 0. The molecule has 4 aromatic rings. The Bertz CT molecular complexity index is 1380. The fraction of sp³-hybridized carbons (Fsp3) is 0.231. The molecule has 0 bridgehead atoms. The van der Waals surface area contributed by atoms with Crippen molar-refractivity contribution in [3.8, 4) is 22.3 Å². The average molecular weight is 942 g/mol. The molecule has 0 aliphatic heterocycles. The standard InChI is InChI=1S/C26H30N4.2F6P.2HI/c1-27-15-5-23(6-16-27)25-9-19-29(20-10-25)13-3-4-14-30-21-11-26(12-22-30)24-7-17-28(2)18-8-24;2*1-7(2,3,4,5)6;;/h5-12,15-22H,3-4,13-14H2,1-2H3;;;2*1H/q+4;2*-1;;/p-2. The summed E-state index contributed by atoms with van der Waals surface area (Å²) in [7, 11) is -17.2. The Morgan fingerprint density at radius 1 is 0.391 bits per heavy atom. The van der Waals surface area contributed by atoms with Gasteiger partial charge in [0.15, 0.2) is 49.6 Å². The van der Waals surface area contributed by atoms with Crippen LogP contribution in [0.15, 0.2) is 98.1 Å². The summed E-state index contributed by atoms with van der Waals surface area (Å²) in [4.78, 5) is 0. The maximum atomic E-state index is 9.87. The van der Waals surface area contributed by atoms with Crippen LogP contribution < -0.4 is 66.2 Å². The van der Waals surface area contributed by atoms with Gasteiger partial charge in [0.25, 0.3) is 0 Å². The molecule has 0 unspecified atom stereocenters. The fourth-order valence-corrected chi connectivity index (χ4v) is 3.57. The molecule has 4 aromatic heterocycles. The molecule has 0 aromatic carbocycles. The van der Waals surface area contributed by atoms with Crippen LogP contribution in [0, 0.1) is 0 Å². The predicted octanol–water partition coefficient (Wildman–Crippen LogP) is 3.50. The number of aryl methyl sites for hydroxylation is 4. The predicted molar refractivity (Wildman–Crippen MR) is 143 cm³/mol. The van der Waals surface area contributed by atoms with Gasteiger partial charge in [-0.1, -0.05) is 0 Å². The molecule has 20 heteroatoms. The quantitative estimate of drug-likeness (QED) is 0.0889. The first-order valence-corrected chi connectivity index (χ1v) is 16.7. The molecule has 46 heavy (non-hydrogen) atoms. The van der Waals surface area contributed by atoms with Gasteiger partial charge in [-0.15, -0.1) is 0 Å². The zero-order chi connectivity index (χ0) is 33.6. The van der Waals surface area contributed by atoms with Crippen LogP contribution >= 0.6 is 15.6 Å². The van der Waals surface area contributed by atoms with Crippen LogP contribution in [-0.4, -0.2) is 0 Å². The van der Waals surface area contributed by atoms with E-state index >= 15 is 0 Å². The van der Waals surface area contributed by atoms with Crippen molar-refractivity contribution in [1.82, 2.24) is 0 Å². The number of rotatable bonds is 7. The zero-order valence-corrected chi connectivity index (χ0v) is 30.1. The van der Waals surface area contributed by atoms with E-state index in [1.54, 1.807) is 0 Å². The second kappa shape index (κ2) is 14.7. The van der Waals surface area contributed by atoms with Crippen molar-refractivity contribution in [1.29, 1.82) is 0 Å². The molecule has 0 amide bonds. The zero-order valence-electron chi connectivity index (χ0n) is 24.0. The summed E-state index contributed by atoms with van der Waals surface area (Å²) in [6, 6.07) is 17.4. The van der Waals surface area contributed by atoms with Crippen LogP contribution in [0.25, 0.3) is 22.3 Å². The van der Waals surface area contributed by atoms with Crippen LogP contribution in [0.5, 0.6) is 0 Å². The number of halogens is 14. The third-order valence-corrected chi connectivity index (χ3v) is 5.49. The van der Waals surface area contributed by atoms with Gasteiger partial charge in [0, 0.05) is 61.4 Å². The maximum absolute atomic E-state index is 10.7. The summed E-state index contributed by atoms with van der Waals surface area (Å²) in [5.41, 5.74) is 5.03. The molecule has 0 spiro atoms. The molecule has 0 aliphatic carbocycles. The summed E-state index contributed by atoms with van der Waals surface area (Å²) in [6.07, 6.45) is 19.4. The van der Waals surface area contributed by atoms with E-state index in [4.69, 9.17) is 0 Å². The summed E-state index contributed by atoms with van der Waals surface area (Å²) in [5.74, 6) is 0. The molecule has 0 fully saturated rings. The molecule has 0 saturated carbocycles. The normalized spacial score (nSPS) is 14.1. The van der Waals surface area contributed by atoms with Crippen molar-refractivity contribution >= 4 is 15.6 Å². The topological polar surface area (TPSA) is 15.5 Å². The second-order valence-electron chi connectivity index (χ2n) is 9.78. The minimum atomic E-state index is -10.7. The molecule has 0 aliphatic rings. The maximum Gasteiger partial charge on any atom is -1.00 e. The van der Waals surface area contributed by atoms with Crippen LogP contribution in [0.4, 0.5) is 50.4 Å². The Kier molecular flexibility index (Phi) is 14.1. The molecular weight excluding hydrogens is 912 g/mol. The first-order chi connectivity index (χ1) is 19.6. The minimum absolute atomic E-state index is 0. The second-order valence-corrected chi connectivity index (χ2v) is 13.6. The molecule has 4 rings (SSSR count). The van der Waals surface area contributed by atoms with Crippen LogP contribution in [0.3, 0.4) is 0 Å². The van der Waals surface area contributed by atoms with Gasteiger partial charge < -0.3 is 48.0 Å². The van der Waals surface area contributed by atoms with E-state index in [1.807, 2.05) is 14.1 Å². The first-order valence-electron chi connectivity index (χ1n) is 12.6. The Morgan fingerprint density at radius 2 is 0.565 bits per heavy atom. The fourth-order valence-electron chi connectivity index (χ4n) is 3.57. The Labute approximate surface area is 291 Å². The van der Waals surface area contributed by atoms with E-state index in [2.05, 4.69) is 116 Å². The van der Waals surface area contributed by atoms with Gasteiger partial charge in [-0.2, -0.15) is 0 Å². The SMILES string of the molecule is C[n+]1ccc(-c2cc[n+](CCCC[n+]3ccc(-c4cc[n+](C)cc4)cc3)cc2)cc1.F[P-](F)(F)(F)(F)F.F[P-](F)(F)(F)(F)F.[I-].[I-]. The van der Waals surface area contributed by atoms with E-state index in [9.17, 15) is 50.4 Å². The van der Waals surface area contributed by atoms with Gasteiger partial charge >= 0.3 is 66.0 Å². The Balaban J connectivity index is 0.00000107. The smallest absolute Gasteiger partial charge is 1.00 e. The van der Waals surface area contributed by atoms with E-state index < -0.39 is 15.6 Å². The van der Waals surface area contributed by atoms with Gasteiger partial charge in [-0.25, -0.2) is 18.3 Å². The van der Waals surface area contributed by atoms with Crippen LogP contribution in [0.1, 0.15) is 12.8 Å². The molecule has 0 atom stereocenters. The molecule has 0 radical (unpaired) electrons. The van der Waals surface area contributed by atoms with Gasteiger partial charge in [-0.3, -0.25) is 0 Å². The monoisotopic (exact) mass is 942 g/mol. The summed E-state index contributed by atoms with van der Waals surface area (Å²) in [6.45, 7) is 2.09. The Morgan fingerprint density at radius 3 is 0.761 bits per heavy atom. The number of unbranched alkanes of at least 4 members (excludes halogenated alkanes) is 1. The number of hydrogen-bond donors (Lipinski definition) is 0. The van der Waals surface area contributed by atoms with E-state index in [0.29, 0.717) is 0 Å². The Hall–Kier alpha value is -1.92. The average Bonchev–Trinajstić information content (AvgIpc) is 2.85. The van der Waals surface area contributed by atoms with E-state index in [1.165, 1.54) is 22.3 Å². The van der Waals surface area contributed by atoms with Crippen molar-refractivity contribution < 1.29 is 117 Å². The number of nitrogens with zero attached hydrogens (tertiary/aromatic N) is 4. The van der Waals surface area contributed by atoms with Gasteiger partial charge in [0.1, 0.15) is 27.2 Å². The van der Waals surface area contributed by atoms with Crippen molar-refractivity contribution in [2.24, 2.45) is 14.1 Å². The van der Waals surface area contributed by atoms with E-state index in [0.717, 1.165) is 25.9 Å². The number of pyridine rings is 4. The van der Waals surface area contributed by atoms with Gasteiger partial charge in [-0.05, 0) is 22.3 Å². The molecule has 4 heterocycles. The molecule has 0 N–H and O–H groups in total. The van der Waals surface area contributed by atoms with Crippen molar-refractivity contribution in [3.63, 3.8) is 0 Å². The molecular formula is C26H30F12I2N4P2. The summed E-state index contributed by atoms with van der Waals surface area (Å²) >= 11 is 0. The van der Waals surface area contributed by atoms with Crippen LogP contribution in [-0.2, 0) is 27.2 Å². The van der Waals surface area contributed by atoms with Crippen LogP contribution in [0.2, 0.25) is 0 Å². The molecule has 262 valence electrons. The molecule has 0 saturated heterocycles. The first kappa shape index (κ1) is 44.1. The third-order valence-electron chi connectivity index (χ3n) is 5.49. The minimum Gasteiger partial charge on any atom is -1.00 e.